The monoisotopic (exact) mass is 325 g/mol. The van der Waals surface area contributed by atoms with Gasteiger partial charge in [-0.25, -0.2) is 0 Å². The second-order valence-electron chi connectivity index (χ2n) is 5.39. The molecule has 1 saturated heterocycles. The predicted molar refractivity (Wildman–Crippen MR) is 86.1 cm³/mol. The molecule has 0 spiro atoms. The molecule has 1 aliphatic rings. The van der Waals surface area contributed by atoms with Crippen molar-refractivity contribution in [1.29, 1.82) is 0 Å². The molecule has 2 heterocycles. The van der Waals surface area contributed by atoms with Gasteiger partial charge < -0.3 is 15.0 Å². The molecule has 1 atom stereocenters. The number of thiophene rings is 1. The summed E-state index contributed by atoms with van der Waals surface area (Å²) in [6.45, 7) is 6.53. The first-order valence-electron chi connectivity index (χ1n) is 7.47. The van der Waals surface area contributed by atoms with Crippen LogP contribution in [0.15, 0.2) is 17.5 Å². The number of likely N-dealkylation sites (N-methyl/N-ethyl adjacent to an activating group) is 1. The van der Waals surface area contributed by atoms with E-state index in [4.69, 9.17) is 4.74 Å². The van der Waals surface area contributed by atoms with Crippen molar-refractivity contribution in [1.82, 2.24) is 15.1 Å². The Bertz CT molecular complexity index is 486. The molecule has 0 bridgehead atoms. The van der Waals surface area contributed by atoms with Crippen molar-refractivity contribution in [2.75, 3.05) is 46.4 Å². The molecule has 0 radical (unpaired) electrons. The van der Waals surface area contributed by atoms with Crippen LogP contribution in [0.5, 0.6) is 0 Å². The van der Waals surface area contributed by atoms with Crippen molar-refractivity contribution in [2.24, 2.45) is 0 Å². The molecule has 0 saturated carbocycles. The summed E-state index contributed by atoms with van der Waals surface area (Å²) in [4.78, 5) is 28.8. The molecular weight excluding hydrogens is 302 g/mol. The van der Waals surface area contributed by atoms with Crippen LogP contribution in [0.3, 0.4) is 0 Å². The fraction of sp³-hybridized carbons (Fsp3) is 0.600. The van der Waals surface area contributed by atoms with Crippen molar-refractivity contribution < 1.29 is 14.3 Å². The topological polar surface area (TPSA) is 61.9 Å². The van der Waals surface area contributed by atoms with Crippen molar-refractivity contribution in [2.45, 2.75) is 13.0 Å². The van der Waals surface area contributed by atoms with Gasteiger partial charge in [-0.3, -0.25) is 14.5 Å². The van der Waals surface area contributed by atoms with E-state index in [9.17, 15) is 9.59 Å². The predicted octanol–water partition coefficient (Wildman–Crippen LogP) is 0.657. The Labute approximate surface area is 135 Å². The molecule has 1 N–H and O–H groups in total. The third-order valence-corrected chi connectivity index (χ3v) is 4.56. The SMILES string of the molecule is C[C@@H](NC(=O)c1cccs1)C(=O)N(C)CCN1CCOCC1. The first-order chi connectivity index (χ1) is 10.6. The van der Waals surface area contributed by atoms with Gasteiger partial charge in [0.1, 0.15) is 6.04 Å². The molecule has 22 heavy (non-hydrogen) atoms. The first-order valence-corrected chi connectivity index (χ1v) is 8.35. The Morgan fingerprint density at radius 2 is 2.18 bits per heavy atom. The highest BCUT2D eigenvalue weighted by Crippen LogP contribution is 2.08. The zero-order valence-corrected chi connectivity index (χ0v) is 13.9. The molecule has 2 amide bonds. The van der Waals surface area contributed by atoms with Gasteiger partial charge in [0.05, 0.1) is 18.1 Å². The fourth-order valence-electron chi connectivity index (χ4n) is 2.29. The molecule has 0 aliphatic carbocycles. The van der Waals surface area contributed by atoms with E-state index < -0.39 is 6.04 Å². The summed E-state index contributed by atoms with van der Waals surface area (Å²) in [7, 11) is 1.77. The lowest BCUT2D eigenvalue weighted by molar-refractivity contribution is -0.131. The van der Waals surface area contributed by atoms with Gasteiger partial charge in [-0.1, -0.05) is 6.07 Å². The first kappa shape index (κ1) is 16.9. The average molecular weight is 325 g/mol. The third-order valence-electron chi connectivity index (χ3n) is 3.69. The minimum absolute atomic E-state index is 0.0711. The zero-order chi connectivity index (χ0) is 15.9. The minimum Gasteiger partial charge on any atom is -0.379 e. The van der Waals surface area contributed by atoms with Crippen LogP contribution >= 0.6 is 11.3 Å². The molecule has 0 unspecified atom stereocenters. The summed E-state index contributed by atoms with van der Waals surface area (Å²) in [6.07, 6.45) is 0. The molecule has 2 rings (SSSR count). The van der Waals surface area contributed by atoms with Crippen LogP contribution in [0.25, 0.3) is 0 Å². The summed E-state index contributed by atoms with van der Waals surface area (Å²) in [5.41, 5.74) is 0. The van der Waals surface area contributed by atoms with E-state index in [2.05, 4.69) is 10.2 Å². The summed E-state index contributed by atoms with van der Waals surface area (Å²) >= 11 is 1.37. The van der Waals surface area contributed by atoms with Gasteiger partial charge in [-0.05, 0) is 18.4 Å². The Morgan fingerprint density at radius 3 is 2.82 bits per heavy atom. The van der Waals surface area contributed by atoms with Crippen LogP contribution in [0.4, 0.5) is 0 Å². The average Bonchev–Trinajstić information content (AvgIpc) is 3.07. The van der Waals surface area contributed by atoms with E-state index >= 15 is 0 Å². The molecule has 7 heteroatoms. The third kappa shape index (κ3) is 4.79. The molecule has 6 nitrogen and oxygen atoms in total. The normalized spacial score (nSPS) is 17.0. The van der Waals surface area contributed by atoms with Crippen LogP contribution in [-0.2, 0) is 9.53 Å². The summed E-state index contributed by atoms with van der Waals surface area (Å²) < 4.78 is 5.30. The fourth-order valence-corrected chi connectivity index (χ4v) is 2.92. The van der Waals surface area contributed by atoms with E-state index in [0.717, 1.165) is 32.8 Å². The molecular formula is C15H23N3O3S. The number of hydrogen-bond donors (Lipinski definition) is 1. The number of amides is 2. The summed E-state index contributed by atoms with van der Waals surface area (Å²) in [6, 6.07) is 3.05. The van der Waals surface area contributed by atoms with Gasteiger partial charge in [0.25, 0.3) is 5.91 Å². The highest BCUT2D eigenvalue weighted by molar-refractivity contribution is 7.12. The van der Waals surface area contributed by atoms with Crippen LogP contribution in [0.2, 0.25) is 0 Å². The lowest BCUT2D eigenvalue weighted by atomic mass is 10.2. The number of nitrogens with zero attached hydrogens (tertiary/aromatic N) is 2. The summed E-state index contributed by atoms with van der Waals surface area (Å²) in [5.74, 6) is -0.268. The van der Waals surface area contributed by atoms with E-state index in [0.29, 0.717) is 11.4 Å². The highest BCUT2D eigenvalue weighted by Gasteiger charge is 2.21. The lowest BCUT2D eigenvalue weighted by Gasteiger charge is -2.29. The van der Waals surface area contributed by atoms with Crippen LogP contribution in [-0.4, -0.2) is 74.1 Å². The second kappa shape index (κ2) is 8.26. The lowest BCUT2D eigenvalue weighted by Crippen LogP contribution is -2.48. The van der Waals surface area contributed by atoms with Crippen molar-refractivity contribution >= 4 is 23.2 Å². The van der Waals surface area contributed by atoms with E-state index in [1.165, 1.54) is 11.3 Å². The Morgan fingerprint density at radius 1 is 1.45 bits per heavy atom. The van der Waals surface area contributed by atoms with Gasteiger partial charge >= 0.3 is 0 Å². The van der Waals surface area contributed by atoms with Gasteiger partial charge in [0, 0.05) is 33.2 Å². The Kier molecular flexibility index (Phi) is 6.35. The van der Waals surface area contributed by atoms with Crippen LogP contribution in [0.1, 0.15) is 16.6 Å². The van der Waals surface area contributed by atoms with Crippen molar-refractivity contribution in [3.8, 4) is 0 Å². The Hall–Kier alpha value is -1.44. The van der Waals surface area contributed by atoms with E-state index in [1.54, 1.807) is 24.9 Å². The maximum atomic E-state index is 12.3. The van der Waals surface area contributed by atoms with Crippen molar-refractivity contribution in [3.63, 3.8) is 0 Å². The maximum absolute atomic E-state index is 12.3. The quantitative estimate of drug-likeness (QED) is 0.834. The number of morpholine rings is 1. The van der Waals surface area contributed by atoms with Gasteiger partial charge in [-0.15, -0.1) is 11.3 Å². The second-order valence-corrected chi connectivity index (χ2v) is 6.33. The van der Waals surface area contributed by atoms with Gasteiger partial charge in [0.2, 0.25) is 5.91 Å². The van der Waals surface area contributed by atoms with Gasteiger partial charge in [-0.2, -0.15) is 0 Å². The number of carbonyl (C=O) groups excluding carboxylic acids is 2. The molecule has 1 aromatic rings. The number of hydrogen-bond acceptors (Lipinski definition) is 5. The minimum atomic E-state index is -0.524. The molecule has 122 valence electrons. The van der Waals surface area contributed by atoms with E-state index in [-0.39, 0.29) is 11.8 Å². The maximum Gasteiger partial charge on any atom is 0.261 e. The molecule has 1 aliphatic heterocycles. The number of carbonyl (C=O) groups is 2. The smallest absolute Gasteiger partial charge is 0.261 e. The number of rotatable bonds is 6. The summed E-state index contributed by atoms with van der Waals surface area (Å²) in [5, 5.41) is 4.59. The molecule has 1 fully saturated rings. The molecule has 1 aromatic heterocycles. The van der Waals surface area contributed by atoms with Crippen LogP contribution in [0, 0.1) is 0 Å². The molecule has 0 aromatic carbocycles. The van der Waals surface area contributed by atoms with Crippen molar-refractivity contribution in [3.05, 3.63) is 22.4 Å². The van der Waals surface area contributed by atoms with Crippen LogP contribution < -0.4 is 5.32 Å². The zero-order valence-electron chi connectivity index (χ0n) is 13.1. The van der Waals surface area contributed by atoms with Gasteiger partial charge in [0.15, 0.2) is 0 Å². The largest absolute Gasteiger partial charge is 0.379 e. The number of ether oxygens (including phenoxy) is 1. The Balaban J connectivity index is 1.75. The van der Waals surface area contributed by atoms with E-state index in [1.807, 2.05) is 11.4 Å². The standard InChI is InChI=1S/C15H23N3O3S/c1-12(16-14(19)13-4-3-11-22-13)15(20)17(2)5-6-18-7-9-21-10-8-18/h3-4,11-12H,5-10H2,1-2H3,(H,16,19)/t12-/m1/s1. The number of nitrogens with one attached hydrogen (secondary N) is 1. The highest BCUT2D eigenvalue weighted by atomic mass is 32.1.